The van der Waals surface area contributed by atoms with E-state index in [9.17, 15) is 9.59 Å². The van der Waals surface area contributed by atoms with E-state index in [0.29, 0.717) is 17.5 Å². The van der Waals surface area contributed by atoms with Gasteiger partial charge in [-0.3, -0.25) is 4.79 Å². The minimum Gasteiger partial charge on any atom is -0.465 e. The molecule has 3 nitrogen and oxygen atoms in total. The van der Waals surface area contributed by atoms with Gasteiger partial charge < -0.3 is 4.74 Å². The Kier molecular flexibility index (Phi) is 9.20. The van der Waals surface area contributed by atoms with Crippen molar-refractivity contribution in [1.29, 1.82) is 0 Å². The second-order valence-electron chi connectivity index (χ2n) is 5.69. The standard InChI is InChI=1S/C19H28O3/c1-3-4-5-6-7-8-9-10-15-18(20)16-13-11-12-14-17(16)19(21)22-2/h11-14H,3-10,15H2,1-2H3. The van der Waals surface area contributed by atoms with Gasteiger partial charge in [-0.15, -0.1) is 0 Å². The van der Waals surface area contributed by atoms with Gasteiger partial charge in [-0.2, -0.15) is 0 Å². The summed E-state index contributed by atoms with van der Waals surface area (Å²) in [6.07, 6.45) is 10.1. The third kappa shape index (κ3) is 6.42. The molecule has 0 saturated heterocycles. The number of ketones is 1. The van der Waals surface area contributed by atoms with Crippen LogP contribution in [0.2, 0.25) is 0 Å². The molecule has 0 radical (unpaired) electrons. The summed E-state index contributed by atoms with van der Waals surface area (Å²) in [5.74, 6) is -0.410. The highest BCUT2D eigenvalue weighted by Gasteiger charge is 2.16. The lowest BCUT2D eigenvalue weighted by Gasteiger charge is -2.07. The Morgan fingerprint density at radius 1 is 0.864 bits per heavy atom. The first-order valence-corrected chi connectivity index (χ1v) is 8.41. The Hall–Kier alpha value is -1.64. The monoisotopic (exact) mass is 304 g/mol. The largest absolute Gasteiger partial charge is 0.465 e. The van der Waals surface area contributed by atoms with Crippen molar-refractivity contribution in [2.24, 2.45) is 0 Å². The number of carbonyl (C=O) groups is 2. The fourth-order valence-corrected chi connectivity index (χ4v) is 2.57. The zero-order chi connectivity index (χ0) is 16.2. The maximum atomic E-state index is 12.3. The van der Waals surface area contributed by atoms with Gasteiger partial charge in [-0.25, -0.2) is 4.79 Å². The molecule has 0 bridgehead atoms. The number of Topliss-reactive ketones (excluding diaryl/α,β-unsaturated/α-hetero) is 1. The van der Waals surface area contributed by atoms with E-state index in [1.54, 1.807) is 24.3 Å². The van der Waals surface area contributed by atoms with Crippen molar-refractivity contribution in [3.8, 4) is 0 Å². The molecule has 1 aromatic carbocycles. The summed E-state index contributed by atoms with van der Waals surface area (Å²) in [5.41, 5.74) is 0.854. The molecule has 1 rings (SSSR count). The maximum absolute atomic E-state index is 12.3. The van der Waals surface area contributed by atoms with Crippen LogP contribution >= 0.6 is 0 Å². The first-order chi connectivity index (χ1) is 10.7. The van der Waals surface area contributed by atoms with Crippen LogP contribution in [0.3, 0.4) is 0 Å². The molecule has 0 aromatic heterocycles. The van der Waals surface area contributed by atoms with Crippen LogP contribution in [-0.4, -0.2) is 18.9 Å². The quantitative estimate of drug-likeness (QED) is 0.321. The van der Waals surface area contributed by atoms with E-state index in [1.807, 2.05) is 0 Å². The minimum atomic E-state index is -0.445. The Balaban J connectivity index is 2.33. The molecule has 1 aromatic rings. The van der Waals surface area contributed by atoms with Crippen molar-refractivity contribution in [2.45, 2.75) is 64.7 Å². The third-order valence-electron chi connectivity index (χ3n) is 3.89. The smallest absolute Gasteiger partial charge is 0.338 e. The van der Waals surface area contributed by atoms with Gasteiger partial charge in [0.2, 0.25) is 0 Å². The highest BCUT2D eigenvalue weighted by Crippen LogP contribution is 2.15. The number of hydrogen-bond acceptors (Lipinski definition) is 3. The molecular weight excluding hydrogens is 276 g/mol. The van der Waals surface area contributed by atoms with Crippen LogP contribution in [0.25, 0.3) is 0 Å². The molecule has 0 amide bonds. The van der Waals surface area contributed by atoms with Crippen LogP contribution in [0.1, 0.15) is 85.4 Å². The summed E-state index contributed by atoms with van der Waals surface area (Å²) in [5, 5.41) is 0. The highest BCUT2D eigenvalue weighted by atomic mass is 16.5. The van der Waals surface area contributed by atoms with E-state index in [1.165, 1.54) is 45.6 Å². The van der Waals surface area contributed by atoms with Gasteiger partial charge in [0.25, 0.3) is 0 Å². The average molecular weight is 304 g/mol. The Morgan fingerprint density at radius 2 is 1.41 bits per heavy atom. The molecule has 0 fully saturated rings. The molecule has 122 valence electrons. The van der Waals surface area contributed by atoms with Crippen molar-refractivity contribution < 1.29 is 14.3 Å². The molecule has 0 aliphatic rings. The lowest BCUT2D eigenvalue weighted by Crippen LogP contribution is -2.10. The number of rotatable bonds is 11. The summed E-state index contributed by atoms with van der Waals surface area (Å²) < 4.78 is 4.73. The number of hydrogen-bond donors (Lipinski definition) is 0. The van der Waals surface area contributed by atoms with E-state index >= 15 is 0 Å². The SMILES string of the molecule is CCCCCCCCCCC(=O)c1ccccc1C(=O)OC. The van der Waals surface area contributed by atoms with Crippen LogP contribution in [0.5, 0.6) is 0 Å². The molecule has 0 spiro atoms. The van der Waals surface area contributed by atoms with Crippen LogP contribution in [0.15, 0.2) is 24.3 Å². The van der Waals surface area contributed by atoms with Gasteiger partial charge in [0.15, 0.2) is 5.78 Å². The molecule has 0 unspecified atom stereocenters. The lowest BCUT2D eigenvalue weighted by atomic mass is 9.99. The molecule has 0 saturated carbocycles. The maximum Gasteiger partial charge on any atom is 0.338 e. The number of benzene rings is 1. The number of unbranched alkanes of at least 4 members (excludes halogenated alkanes) is 7. The number of ether oxygens (including phenoxy) is 1. The lowest BCUT2D eigenvalue weighted by molar-refractivity contribution is 0.0597. The molecule has 0 aliphatic heterocycles. The first kappa shape index (κ1) is 18.4. The summed E-state index contributed by atoms with van der Waals surface area (Å²) >= 11 is 0. The van der Waals surface area contributed by atoms with Gasteiger partial charge in [-0.1, -0.05) is 70.1 Å². The zero-order valence-corrected chi connectivity index (χ0v) is 13.9. The minimum absolute atomic E-state index is 0.0342. The fourth-order valence-electron chi connectivity index (χ4n) is 2.57. The van der Waals surface area contributed by atoms with Crippen LogP contribution in [0.4, 0.5) is 0 Å². The van der Waals surface area contributed by atoms with Gasteiger partial charge in [0.1, 0.15) is 0 Å². The predicted molar refractivity (Wildman–Crippen MR) is 89.3 cm³/mol. The number of carbonyl (C=O) groups excluding carboxylic acids is 2. The summed E-state index contributed by atoms with van der Waals surface area (Å²) in [7, 11) is 1.34. The van der Waals surface area contributed by atoms with Crippen molar-refractivity contribution in [3.05, 3.63) is 35.4 Å². The van der Waals surface area contributed by atoms with Gasteiger partial charge in [0, 0.05) is 12.0 Å². The number of esters is 1. The Labute approximate surface area is 134 Å². The molecule has 0 atom stereocenters. The van der Waals surface area contributed by atoms with Gasteiger partial charge >= 0.3 is 5.97 Å². The molecule has 3 heteroatoms. The topological polar surface area (TPSA) is 43.4 Å². The Morgan fingerprint density at radius 3 is 2.00 bits per heavy atom. The van der Waals surface area contributed by atoms with Crippen molar-refractivity contribution >= 4 is 11.8 Å². The molecule has 0 aliphatic carbocycles. The van der Waals surface area contributed by atoms with Crippen molar-refractivity contribution in [1.82, 2.24) is 0 Å². The van der Waals surface area contributed by atoms with Crippen LogP contribution in [0, 0.1) is 0 Å². The van der Waals surface area contributed by atoms with Crippen molar-refractivity contribution in [3.63, 3.8) is 0 Å². The highest BCUT2D eigenvalue weighted by molar-refractivity contribution is 6.06. The normalized spacial score (nSPS) is 10.5. The van der Waals surface area contributed by atoms with Crippen LogP contribution in [-0.2, 0) is 4.74 Å². The van der Waals surface area contributed by atoms with Gasteiger partial charge in [0.05, 0.1) is 12.7 Å². The molecule has 22 heavy (non-hydrogen) atoms. The van der Waals surface area contributed by atoms with E-state index < -0.39 is 5.97 Å². The molecular formula is C19H28O3. The summed E-state index contributed by atoms with van der Waals surface area (Å²) in [4.78, 5) is 23.9. The third-order valence-corrected chi connectivity index (χ3v) is 3.89. The predicted octanol–water partition coefficient (Wildman–Crippen LogP) is 5.19. The van der Waals surface area contributed by atoms with Gasteiger partial charge in [-0.05, 0) is 12.5 Å². The van der Waals surface area contributed by atoms with E-state index in [0.717, 1.165) is 12.8 Å². The second kappa shape index (κ2) is 11.0. The molecule has 0 N–H and O–H groups in total. The number of methoxy groups -OCH3 is 1. The molecule has 0 heterocycles. The summed E-state index contributed by atoms with van der Waals surface area (Å²) in [6.45, 7) is 2.22. The first-order valence-electron chi connectivity index (χ1n) is 8.41. The summed E-state index contributed by atoms with van der Waals surface area (Å²) in [6, 6.07) is 6.89. The van der Waals surface area contributed by atoms with Crippen molar-refractivity contribution in [2.75, 3.05) is 7.11 Å². The second-order valence-corrected chi connectivity index (χ2v) is 5.69. The zero-order valence-electron chi connectivity index (χ0n) is 13.9. The van der Waals surface area contributed by atoms with E-state index in [-0.39, 0.29) is 5.78 Å². The van der Waals surface area contributed by atoms with Crippen LogP contribution < -0.4 is 0 Å². The Bertz CT molecular complexity index is 466. The van der Waals surface area contributed by atoms with E-state index in [2.05, 4.69) is 6.92 Å². The average Bonchev–Trinajstić information content (AvgIpc) is 2.56. The van der Waals surface area contributed by atoms with E-state index in [4.69, 9.17) is 4.74 Å². The fraction of sp³-hybridized carbons (Fsp3) is 0.579.